The van der Waals surface area contributed by atoms with Crippen molar-refractivity contribution in [2.45, 2.75) is 46.0 Å². The molecular formula is C17H28ClFN2O. The minimum absolute atomic E-state index is 0. The highest BCUT2D eigenvalue weighted by Gasteiger charge is 2.34. The predicted molar refractivity (Wildman–Crippen MR) is 91.8 cm³/mol. The standard InChI is InChI=1S/C17H27FN2O.ClH/c1-5-17(6-2,11-19)15(21)20-12-16(3,4)13-8-7-9-14(18)10-13;/h7-10H,5-6,11-12,19H2,1-4H3,(H,20,21);1H. The largest absolute Gasteiger partial charge is 0.355 e. The van der Waals surface area contributed by atoms with Crippen molar-refractivity contribution in [3.8, 4) is 0 Å². The van der Waals surface area contributed by atoms with E-state index >= 15 is 0 Å². The van der Waals surface area contributed by atoms with Crippen LogP contribution in [0.4, 0.5) is 4.39 Å². The fourth-order valence-electron chi connectivity index (χ4n) is 2.45. The maximum atomic E-state index is 13.3. The van der Waals surface area contributed by atoms with Gasteiger partial charge >= 0.3 is 0 Å². The second-order valence-corrected chi connectivity index (χ2v) is 6.27. The minimum Gasteiger partial charge on any atom is -0.355 e. The summed E-state index contributed by atoms with van der Waals surface area (Å²) in [5.74, 6) is -0.273. The molecule has 22 heavy (non-hydrogen) atoms. The molecule has 0 atom stereocenters. The average Bonchev–Trinajstić information content (AvgIpc) is 2.47. The molecule has 0 radical (unpaired) electrons. The Morgan fingerprint density at radius 2 is 1.86 bits per heavy atom. The van der Waals surface area contributed by atoms with Crippen molar-refractivity contribution in [2.75, 3.05) is 13.1 Å². The van der Waals surface area contributed by atoms with E-state index in [0.717, 1.165) is 5.56 Å². The van der Waals surface area contributed by atoms with Gasteiger partial charge in [0, 0.05) is 18.5 Å². The van der Waals surface area contributed by atoms with E-state index in [2.05, 4.69) is 5.32 Å². The van der Waals surface area contributed by atoms with Crippen LogP contribution in [-0.2, 0) is 10.2 Å². The first kappa shape index (κ1) is 20.9. The molecule has 3 N–H and O–H groups in total. The van der Waals surface area contributed by atoms with Gasteiger partial charge < -0.3 is 11.1 Å². The van der Waals surface area contributed by atoms with Crippen LogP contribution >= 0.6 is 12.4 Å². The minimum atomic E-state index is -0.502. The van der Waals surface area contributed by atoms with Crippen molar-refractivity contribution in [1.29, 1.82) is 0 Å². The first-order valence-corrected chi connectivity index (χ1v) is 7.55. The summed E-state index contributed by atoms with van der Waals surface area (Å²) in [7, 11) is 0. The highest BCUT2D eigenvalue weighted by molar-refractivity contribution is 5.85. The summed E-state index contributed by atoms with van der Waals surface area (Å²) in [5.41, 5.74) is 5.82. The number of nitrogens with one attached hydrogen (secondary N) is 1. The highest BCUT2D eigenvalue weighted by atomic mass is 35.5. The molecule has 0 aliphatic rings. The molecule has 1 amide bonds. The van der Waals surface area contributed by atoms with Gasteiger partial charge in [0.05, 0.1) is 5.41 Å². The van der Waals surface area contributed by atoms with E-state index in [4.69, 9.17) is 5.73 Å². The SMILES string of the molecule is CCC(CC)(CN)C(=O)NCC(C)(C)c1cccc(F)c1.Cl. The number of benzene rings is 1. The van der Waals surface area contributed by atoms with Gasteiger partial charge in [0.25, 0.3) is 0 Å². The van der Waals surface area contributed by atoms with Crippen LogP contribution in [0.1, 0.15) is 46.1 Å². The quantitative estimate of drug-likeness (QED) is 0.805. The molecule has 3 nitrogen and oxygen atoms in total. The van der Waals surface area contributed by atoms with Crippen LogP contribution in [0.15, 0.2) is 24.3 Å². The molecule has 1 rings (SSSR count). The fraction of sp³-hybridized carbons (Fsp3) is 0.588. The maximum Gasteiger partial charge on any atom is 0.227 e. The van der Waals surface area contributed by atoms with E-state index < -0.39 is 5.41 Å². The van der Waals surface area contributed by atoms with Gasteiger partial charge in [0.15, 0.2) is 0 Å². The Hall–Kier alpha value is -1.13. The number of hydrogen-bond donors (Lipinski definition) is 2. The lowest BCUT2D eigenvalue weighted by Gasteiger charge is -2.32. The van der Waals surface area contributed by atoms with Crippen molar-refractivity contribution in [2.24, 2.45) is 11.1 Å². The van der Waals surface area contributed by atoms with Gasteiger partial charge in [0.1, 0.15) is 5.82 Å². The number of carbonyl (C=O) groups excluding carboxylic acids is 1. The molecule has 0 saturated heterocycles. The monoisotopic (exact) mass is 330 g/mol. The van der Waals surface area contributed by atoms with Gasteiger partial charge in [-0.05, 0) is 30.5 Å². The van der Waals surface area contributed by atoms with Crippen molar-refractivity contribution >= 4 is 18.3 Å². The molecule has 0 unspecified atom stereocenters. The van der Waals surface area contributed by atoms with E-state index in [1.165, 1.54) is 12.1 Å². The van der Waals surface area contributed by atoms with Gasteiger partial charge in [-0.15, -0.1) is 12.4 Å². The number of rotatable bonds is 7. The lowest BCUT2D eigenvalue weighted by atomic mass is 9.80. The van der Waals surface area contributed by atoms with Crippen molar-refractivity contribution in [3.05, 3.63) is 35.6 Å². The number of carbonyl (C=O) groups is 1. The Kier molecular flexibility index (Phi) is 8.05. The molecule has 126 valence electrons. The molecule has 1 aromatic carbocycles. The van der Waals surface area contributed by atoms with Crippen LogP contribution in [0.25, 0.3) is 0 Å². The number of halogens is 2. The zero-order valence-electron chi connectivity index (χ0n) is 13.9. The van der Waals surface area contributed by atoms with Crippen LogP contribution in [-0.4, -0.2) is 19.0 Å². The lowest BCUT2D eigenvalue weighted by Crippen LogP contribution is -2.48. The van der Waals surface area contributed by atoms with Crippen LogP contribution < -0.4 is 11.1 Å². The average molecular weight is 331 g/mol. The van der Waals surface area contributed by atoms with Crippen LogP contribution in [0.2, 0.25) is 0 Å². The first-order chi connectivity index (χ1) is 9.81. The Balaban J connectivity index is 0.00000441. The third-order valence-corrected chi connectivity index (χ3v) is 4.52. The molecule has 0 bridgehead atoms. The Bertz CT molecular complexity index is 479. The normalized spacial score (nSPS) is 11.7. The molecule has 0 fully saturated rings. The lowest BCUT2D eigenvalue weighted by molar-refractivity contribution is -0.131. The van der Waals surface area contributed by atoms with E-state index in [1.807, 2.05) is 33.8 Å². The molecule has 0 heterocycles. The van der Waals surface area contributed by atoms with Crippen LogP contribution in [0, 0.1) is 11.2 Å². The molecule has 1 aromatic rings. The number of hydrogen-bond acceptors (Lipinski definition) is 2. The first-order valence-electron chi connectivity index (χ1n) is 7.55. The topological polar surface area (TPSA) is 55.1 Å². The molecule has 0 aromatic heterocycles. The zero-order chi connectivity index (χ0) is 16.1. The van der Waals surface area contributed by atoms with E-state index in [1.54, 1.807) is 6.07 Å². The third-order valence-electron chi connectivity index (χ3n) is 4.52. The summed E-state index contributed by atoms with van der Waals surface area (Å²) in [4.78, 5) is 12.4. The van der Waals surface area contributed by atoms with Crippen molar-refractivity contribution in [3.63, 3.8) is 0 Å². The summed E-state index contributed by atoms with van der Waals surface area (Å²) in [6, 6.07) is 6.51. The van der Waals surface area contributed by atoms with Crippen LogP contribution in [0.3, 0.4) is 0 Å². The van der Waals surface area contributed by atoms with Gasteiger partial charge in [0.2, 0.25) is 5.91 Å². The summed E-state index contributed by atoms with van der Waals surface area (Å²) in [6.45, 7) is 8.73. The summed E-state index contributed by atoms with van der Waals surface area (Å²) in [5, 5.41) is 2.99. The molecule has 0 aliphatic carbocycles. The molecule has 0 spiro atoms. The Morgan fingerprint density at radius 1 is 1.27 bits per heavy atom. The molecule has 5 heteroatoms. The van der Waals surface area contributed by atoms with Crippen molar-refractivity contribution < 1.29 is 9.18 Å². The van der Waals surface area contributed by atoms with Gasteiger partial charge in [-0.2, -0.15) is 0 Å². The molecule has 0 saturated carbocycles. The van der Waals surface area contributed by atoms with Gasteiger partial charge in [-0.25, -0.2) is 4.39 Å². The Labute approximate surface area is 139 Å². The summed E-state index contributed by atoms with van der Waals surface area (Å²) in [6.07, 6.45) is 1.43. The summed E-state index contributed by atoms with van der Waals surface area (Å²) >= 11 is 0. The van der Waals surface area contributed by atoms with Gasteiger partial charge in [-0.3, -0.25) is 4.79 Å². The third kappa shape index (κ3) is 4.68. The predicted octanol–water partition coefficient (Wildman–Crippen LogP) is 3.41. The number of nitrogens with two attached hydrogens (primary N) is 1. The fourth-order valence-corrected chi connectivity index (χ4v) is 2.45. The van der Waals surface area contributed by atoms with Crippen LogP contribution in [0.5, 0.6) is 0 Å². The van der Waals surface area contributed by atoms with Crippen molar-refractivity contribution in [1.82, 2.24) is 5.32 Å². The summed E-state index contributed by atoms with van der Waals surface area (Å²) < 4.78 is 13.3. The maximum absolute atomic E-state index is 13.3. The Morgan fingerprint density at radius 3 is 2.32 bits per heavy atom. The second kappa shape index (κ2) is 8.49. The van der Waals surface area contributed by atoms with E-state index in [0.29, 0.717) is 25.9 Å². The van der Waals surface area contributed by atoms with Gasteiger partial charge in [-0.1, -0.05) is 39.8 Å². The smallest absolute Gasteiger partial charge is 0.227 e. The number of amides is 1. The van der Waals surface area contributed by atoms with E-state index in [9.17, 15) is 9.18 Å². The van der Waals surface area contributed by atoms with E-state index in [-0.39, 0.29) is 29.5 Å². The molecule has 0 aliphatic heterocycles. The zero-order valence-corrected chi connectivity index (χ0v) is 14.7. The molecular weight excluding hydrogens is 303 g/mol. The second-order valence-electron chi connectivity index (χ2n) is 6.27. The highest BCUT2D eigenvalue weighted by Crippen LogP contribution is 2.27.